The van der Waals surface area contributed by atoms with E-state index in [0.29, 0.717) is 6.42 Å². The Kier molecular flexibility index (Phi) is 5.43. The molecule has 1 heterocycles. The first-order valence-electron chi connectivity index (χ1n) is 10.1. The third kappa shape index (κ3) is 3.92. The van der Waals surface area contributed by atoms with Crippen LogP contribution in [0.3, 0.4) is 0 Å². The number of aliphatic carboxylic acids is 1. The predicted molar refractivity (Wildman–Crippen MR) is 118 cm³/mol. The Morgan fingerprint density at radius 2 is 1.59 bits per heavy atom. The number of hydrogen-bond donors (Lipinski definition) is 2. The first kappa shape index (κ1) is 18.9. The third-order valence-electron chi connectivity index (χ3n) is 5.37. The molecular formula is C25H25N2O2+. The quantitative estimate of drug-likeness (QED) is 0.199. The van der Waals surface area contributed by atoms with Gasteiger partial charge in [-0.15, -0.1) is 0 Å². The van der Waals surface area contributed by atoms with Crippen LogP contribution < -0.4 is 10.3 Å². The van der Waals surface area contributed by atoms with E-state index < -0.39 is 5.97 Å². The van der Waals surface area contributed by atoms with Gasteiger partial charge in [-0.3, -0.25) is 4.79 Å². The van der Waals surface area contributed by atoms with Crippen LogP contribution in [0.5, 0.6) is 0 Å². The van der Waals surface area contributed by atoms with Crippen molar-refractivity contribution in [1.82, 2.24) is 0 Å². The molecule has 0 atom stereocenters. The molecule has 0 fully saturated rings. The normalized spacial score (nSPS) is 11.2. The summed E-state index contributed by atoms with van der Waals surface area (Å²) in [7, 11) is 0. The Morgan fingerprint density at radius 1 is 0.828 bits per heavy atom. The molecule has 4 heteroatoms. The zero-order valence-electron chi connectivity index (χ0n) is 16.3. The number of carboxylic acids is 1. The maximum atomic E-state index is 10.8. The number of aromatic nitrogens is 1. The summed E-state index contributed by atoms with van der Waals surface area (Å²) < 4.78 is 2.37. The van der Waals surface area contributed by atoms with Crippen LogP contribution in [0.25, 0.3) is 32.9 Å². The minimum absolute atomic E-state index is 0.227. The molecular weight excluding hydrogens is 360 g/mol. The summed E-state index contributed by atoms with van der Waals surface area (Å²) in [6.45, 7) is 0.828. The Balaban J connectivity index is 1.89. The molecule has 0 saturated heterocycles. The Morgan fingerprint density at radius 3 is 2.38 bits per heavy atom. The molecule has 4 rings (SSSR count). The van der Waals surface area contributed by atoms with E-state index in [1.54, 1.807) is 0 Å². The van der Waals surface area contributed by atoms with Crippen LogP contribution in [-0.2, 0) is 11.3 Å². The monoisotopic (exact) mass is 385 g/mol. The molecule has 0 unspecified atom stereocenters. The fourth-order valence-electron chi connectivity index (χ4n) is 4.06. The lowest BCUT2D eigenvalue weighted by Gasteiger charge is -2.13. The molecule has 0 radical (unpaired) electrons. The van der Waals surface area contributed by atoms with Gasteiger partial charge in [0.15, 0.2) is 0 Å². The zero-order chi connectivity index (χ0) is 20.2. The molecule has 4 nitrogen and oxygen atoms in total. The molecule has 0 bridgehead atoms. The van der Waals surface area contributed by atoms with Crippen molar-refractivity contribution in [3.05, 3.63) is 72.8 Å². The Labute approximate surface area is 170 Å². The summed E-state index contributed by atoms with van der Waals surface area (Å²) in [5.41, 5.74) is 10.4. The molecule has 0 aliphatic carbocycles. The SMILES string of the molecule is Nc1ccc2c(c1)c(-c1ccccc1)[n+](CCCCCC(=O)O)c1ccccc21. The number of carbonyl (C=O) groups is 1. The summed E-state index contributed by atoms with van der Waals surface area (Å²) in [6.07, 6.45) is 2.74. The lowest BCUT2D eigenvalue weighted by Crippen LogP contribution is -2.37. The number of carboxylic acid groups (broad SMARTS) is 1. The number of fused-ring (bicyclic) bond motifs is 3. The maximum Gasteiger partial charge on any atom is 0.303 e. The van der Waals surface area contributed by atoms with Crippen molar-refractivity contribution in [3.8, 4) is 11.3 Å². The number of aryl methyl sites for hydroxylation is 1. The first-order valence-corrected chi connectivity index (χ1v) is 10.1. The van der Waals surface area contributed by atoms with Gasteiger partial charge in [0.25, 0.3) is 0 Å². The minimum Gasteiger partial charge on any atom is -0.481 e. The smallest absolute Gasteiger partial charge is 0.303 e. The number of anilines is 1. The van der Waals surface area contributed by atoms with Gasteiger partial charge in [-0.2, -0.15) is 4.57 Å². The van der Waals surface area contributed by atoms with Gasteiger partial charge in [0.2, 0.25) is 11.2 Å². The molecule has 0 aliphatic rings. The van der Waals surface area contributed by atoms with Crippen LogP contribution in [0.1, 0.15) is 25.7 Å². The lowest BCUT2D eigenvalue weighted by atomic mass is 9.98. The Hall–Kier alpha value is -3.40. The van der Waals surface area contributed by atoms with Crippen LogP contribution in [0.15, 0.2) is 72.8 Å². The van der Waals surface area contributed by atoms with E-state index in [2.05, 4.69) is 65.2 Å². The van der Waals surface area contributed by atoms with Gasteiger partial charge in [-0.05, 0) is 43.2 Å². The van der Waals surface area contributed by atoms with Gasteiger partial charge in [0.05, 0.1) is 10.8 Å². The van der Waals surface area contributed by atoms with E-state index in [4.69, 9.17) is 10.8 Å². The van der Waals surface area contributed by atoms with Gasteiger partial charge < -0.3 is 10.8 Å². The van der Waals surface area contributed by atoms with Crippen molar-refractivity contribution >= 4 is 33.3 Å². The van der Waals surface area contributed by atoms with Crippen LogP contribution in [0.2, 0.25) is 0 Å². The minimum atomic E-state index is -0.728. The van der Waals surface area contributed by atoms with Crippen LogP contribution in [0.4, 0.5) is 5.69 Å². The number of para-hydroxylation sites is 1. The van der Waals surface area contributed by atoms with Crippen molar-refractivity contribution in [2.24, 2.45) is 0 Å². The number of hydrogen-bond acceptors (Lipinski definition) is 2. The number of nitrogen functional groups attached to an aromatic ring is 1. The second-order valence-electron chi connectivity index (χ2n) is 7.39. The van der Waals surface area contributed by atoms with Crippen molar-refractivity contribution in [1.29, 1.82) is 0 Å². The average molecular weight is 385 g/mol. The largest absolute Gasteiger partial charge is 0.481 e. The number of rotatable bonds is 7. The second kappa shape index (κ2) is 8.31. The third-order valence-corrected chi connectivity index (χ3v) is 5.37. The van der Waals surface area contributed by atoms with E-state index in [1.807, 2.05) is 12.1 Å². The molecule has 0 spiro atoms. The van der Waals surface area contributed by atoms with Gasteiger partial charge >= 0.3 is 5.97 Å². The highest BCUT2D eigenvalue weighted by molar-refractivity contribution is 6.09. The highest BCUT2D eigenvalue weighted by Crippen LogP contribution is 2.32. The fraction of sp³-hybridized carbons (Fsp3) is 0.200. The molecule has 3 N–H and O–H groups in total. The van der Waals surface area contributed by atoms with Gasteiger partial charge in [0, 0.05) is 35.5 Å². The van der Waals surface area contributed by atoms with Crippen LogP contribution in [-0.4, -0.2) is 11.1 Å². The molecule has 146 valence electrons. The van der Waals surface area contributed by atoms with Crippen molar-refractivity contribution in [2.45, 2.75) is 32.2 Å². The lowest BCUT2D eigenvalue weighted by molar-refractivity contribution is -0.659. The summed E-state index contributed by atoms with van der Waals surface area (Å²) in [5.74, 6) is -0.728. The zero-order valence-corrected chi connectivity index (χ0v) is 16.3. The highest BCUT2D eigenvalue weighted by atomic mass is 16.4. The summed E-state index contributed by atoms with van der Waals surface area (Å²) in [6, 6.07) is 25.0. The molecule has 4 aromatic rings. The number of pyridine rings is 1. The van der Waals surface area contributed by atoms with Gasteiger partial charge in [-0.1, -0.05) is 36.4 Å². The summed E-state index contributed by atoms with van der Waals surface area (Å²) in [4.78, 5) is 10.8. The molecule has 1 aromatic heterocycles. The molecule has 0 saturated carbocycles. The molecule has 0 aliphatic heterocycles. The number of nitrogens with two attached hydrogens (primary N) is 1. The van der Waals surface area contributed by atoms with Gasteiger partial charge in [-0.25, -0.2) is 0 Å². The summed E-state index contributed by atoms with van der Waals surface area (Å²) >= 11 is 0. The van der Waals surface area contributed by atoms with E-state index in [9.17, 15) is 4.79 Å². The van der Waals surface area contributed by atoms with E-state index in [-0.39, 0.29) is 6.42 Å². The fourth-order valence-corrected chi connectivity index (χ4v) is 4.06. The maximum absolute atomic E-state index is 10.8. The number of nitrogens with zero attached hydrogens (tertiary/aromatic N) is 1. The Bertz CT molecular complexity index is 1170. The molecule has 3 aromatic carbocycles. The first-order chi connectivity index (χ1) is 14.1. The number of unbranched alkanes of at least 4 members (excludes halogenated alkanes) is 2. The second-order valence-corrected chi connectivity index (χ2v) is 7.39. The van der Waals surface area contributed by atoms with E-state index in [1.165, 1.54) is 16.3 Å². The van der Waals surface area contributed by atoms with Crippen molar-refractivity contribution in [2.75, 3.05) is 5.73 Å². The van der Waals surface area contributed by atoms with Crippen molar-refractivity contribution in [3.63, 3.8) is 0 Å². The molecule has 29 heavy (non-hydrogen) atoms. The average Bonchev–Trinajstić information content (AvgIpc) is 2.73. The topological polar surface area (TPSA) is 67.2 Å². The number of benzene rings is 3. The van der Waals surface area contributed by atoms with Crippen LogP contribution >= 0.6 is 0 Å². The van der Waals surface area contributed by atoms with Gasteiger partial charge in [0.1, 0.15) is 6.54 Å². The standard InChI is InChI=1S/C25H24N2O2/c26-19-14-15-20-21-11-6-7-12-23(21)27(16-8-2-5-13-24(28)29)25(22(20)17-19)18-9-3-1-4-10-18/h1,3-4,6-7,9-12,14-15,17H,2,5,8,13,16,26H2/p+1. The molecule has 0 amide bonds. The predicted octanol–water partition coefficient (Wildman–Crippen LogP) is 5.17. The van der Waals surface area contributed by atoms with Crippen LogP contribution in [0, 0.1) is 0 Å². The summed E-state index contributed by atoms with van der Waals surface area (Å²) in [5, 5.41) is 12.4. The van der Waals surface area contributed by atoms with E-state index >= 15 is 0 Å². The van der Waals surface area contributed by atoms with E-state index in [0.717, 1.165) is 41.7 Å². The highest BCUT2D eigenvalue weighted by Gasteiger charge is 2.22. The van der Waals surface area contributed by atoms with Crippen molar-refractivity contribution < 1.29 is 14.5 Å².